The third kappa shape index (κ3) is 5.18. The summed E-state index contributed by atoms with van der Waals surface area (Å²) in [5.41, 5.74) is 3.33. The van der Waals surface area contributed by atoms with E-state index in [4.69, 9.17) is 11.6 Å². The standard InChI is InChI=1S/C20H14ClN3O3S/c21-16-7-9-17(10-8-16)28-19-11-6-14(12-18(19)24(26)27)13-22-23-20(25)15-4-2-1-3-5-15/h1-13H,(H,23,25). The van der Waals surface area contributed by atoms with Crippen molar-refractivity contribution in [3.05, 3.63) is 99.1 Å². The van der Waals surface area contributed by atoms with Crippen LogP contribution < -0.4 is 5.43 Å². The van der Waals surface area contributed by atoms with Gasteiger partial charge in [-0.1, -0.05) is 47.6 Å². The molecule has 3 aromatic rings. The maximum Gasteiger partial charge on any atom is 0.283 e. The molecule has 0 spiro atoms. The van der Waals surface area contributed by atoms with Gasteiger partial charge < -0.3 is 0 Å². The van der Waals surface area contributed by atoms with E-state index in [1.807, 2.05) is 6.07 Å². The topological polar surface area (TPSA) is 84.6 Å². The van der Waals surface area contributed by atoms with E-state index in [2.05, 4.69) is 10.5 Å². The van der Waals surface area contributed by atoms with Crippen LogP contribution in [0.4, 0.5) is 5.69 Å². The lowest BCUT2D eigenvalue weighted by atomic mass is 10.2. The zero-order chi connectivity index (χ0) is 19.9. The fraction of sp³-hybridized carbons (Fsp3) is 0. The third-order valence-corrected chi connectivity index (χ3v) is 4.96. The number of carbonyl (C=O) groups is 1. The Labute approximate surface area is 170 Å². The van der Waals surface area contributed by atoms with E-state index in [0.29, 0.717) is 21.0 Å². The summed E-state index contributed by atoms with van der Waals surface area (Å²) in [6, 6.07) is 20.4. The van der Waals surface area contributed by atoms with Gasteiger partial charge in [0.25, 0.3) is 11.6 Å². The second-order valence-electron chi connectivity index (χ2n) is 5.61. The van der Waals surface area contributed by atoms with E-state index in [0.717, 1.165) is 4.90 Å². The Morgan fingerprint density at radius 3 is 2.46 bits per heavy atom. The molecule has 3 rings (SSSR count). The zero-order valence-electron chi connectivity index (χ0n) is 14.4. The summed E-state index contributed by atoms with van der Waals surface area (Å²) in [5, 5.41) is 15.9. The van der Waals surface area contributed by atoms with Crippen molar-refractivity contribution in [1.82, 2.24) is 5.43 Å². The van der Waals surface area contributed by atoms with Crippen LogP contribution in [-0.2, 0) is 0 Å². The van der Waals surface area contributed by atoms with Crippen LogP contribution in [0.15, 0.2) is 87.7 Å². The summed E-state index contributed by atoms with van der Waals surface area (Å²) < 4.78 is 0. The lowest BCUT2D eigenvalue weighted by molar-refractivity contribution is -0.387. The van der Waals surface area contributed by atoms with Crippen LogP contribution >= 0.6 is 23.4 Å². The summed E-state index contributed by atoms with van der Waals surface area (Å²) in [6.45, 7) is 0. The van der Waals surface area contributed by atoms with Crippen LogP contribution in [-0.4, -0.2) is 17.0 Å². The van der Waals surface area contributed by atoms with Crippen molar-refractivity contribution in [1.29, 1.82) is 0 Å². The molecule has 28 heavy (non-hydrogen) atoms. The van der Waals surface area contributed by atoms with Crippen molar-refractivity contribution in [3.63, 3.8) is 0 Å². The van der Waals surface area contributed by atoms with Gasteiger partial charge >= 0.3 is 0 Å². The highest BCUT2D eigenvalue weighted by atomic mass is 35.5. The maximum absolute atomic E-state index is 11.9. The van der Waals surface area contributed by atoms with Crippen LogP contribution in [0.3, 0.4) is 0 Å². The molecule has 0 saturated carbocycles. The fourth-order valence-corrected chi connectivity index (χ4v) is 3.32. The monoisotopic (exact) mass is 411 g/mol. The number of nitro groups is 1. The Bertz CT molecular complexity index is 1020. The predicted molar refractivity (Wildman–Crippen MR) is 110 cm³/mol. The molecule has 0 heterocycles. The number of carbonyl (C=O) groups excluding carboxylic acids is 1. The molecule has 0 aliphatic heterocycles. The van der Waals surface area contributed by atoms with Crippen molar-refractivity contribution < 1.29 is 9.72 Å². The van der Waals surface area contributed by atoms with Gasteiger partial charge in [-0.2, -0.15) is 5.10 Å². The number of nitro benzene ring substituents is 1. The number of hydrogen-bond acceptors (Lipinski definition) is 5. The van der Waals surface area contributed by atoms with Gasteiger partial charge in [-0.3, -0.25) is 14.9 Å². The molecule has 0 unspecified atom stereocenters. The maximum atomic E-state index is 11.9. The number of nitrogens with zero attached hydrogens (tertiary/aromatic N) is 2. The molecule has 0 aliphatic carbocycles. The summed E-state index contributed by atoms with van der Waals surface area (Å²) >= 11 is 7.14. The molecule has 8 heteroatoms. The Balaban J connectivity index is 1.74. The molecule has 6 nitrogen and oxygen atoms in total. The van der Waals surface area contributed by atoms with Gasteiger partial charge in [-0.15, -0.1) is 0 Å². The van der Waals surface area contributed by atoms with Gasteiger partial charge in [0.1, 0.15) is 0 Å². The van der Waals surface area contributed by atoms with Crippen molar-refractivity contribution in [2.75, 3.05) is 0 Å². The van der Waals surface area contributed by atoms with Crippen molar-refractivity contribution in [2.24, 2.45) is 5.10 Å². The van der Waals surface area contributed by atoms with Crippen LogP contribution in [0.1, 0.15) is 15.9 Å². The summed E-state index contributed by atoms with van der Waals surface area (Å²) in [7, 11) is 0. The molecule has 1 N–H and O–H groups in total. The normalized spacial score (nSPS) is 10.8. The minimum Gasteiger partial charge on any atom is -0.267 e. The van der Waals surface area contributed by atoms with E-state index in [1.165, 1.54) is 24.0 Å². The van der Waals surface area contributed by atoms with E-state index >= 15 is 0 Å². The molecule has 1 amide bonds. The van der Waals surface area contributed by atoms with Gasteiger partial charge in [-0.05, 0) is 42.5 Å². The number of benzene rings is 3. The Kier molecular flexibility index (Phi) is 6.41. The first-order chi connectivity index (χ1) is 13.5. The number of nitrogens with one attached hydrogen (secondary N) is 1. The molecule has 0 aliphatic rings. The van der Waals surface area contributed by atoms with E-state index < -0.39 is 4.92 Å². The van der Waals surface area contributed by atoms with Crippen LogP contribution in [0.2, 0.25) is 5.02 Å². The lowest BCUT2D eigenvalue weighted by Crippen LogP contribution is -2.17. The van der Waals surface area contributed by atoms with Crippen molar-refractivity contribution >= 4 is 41.2 Å². The number of halogens is 1. The number of hydrogen-bond donors (Lipinski definition) is 1. The summed E-state index contributed by atoms with van der Waals surface area (Å²) in [4.78, 5) is 24.3. The third-order valence-electron chi connectivity index (χ3n) is 3.64. The minimum atomic E-state index is -0.446. The average Bonchev–Trinajstić information content (AvgIpc) is 2.71. The van der Waals surface area contributed by atoms with Gasteiger partial charge in [0, 0.05) is 27.1 Å². The second kappa shape index (κ2) is 9.16. The summed E-state index contributed by atoms with van der Waals surface area (Å²) in [6.07, 6.45) is 1.37. The van der Waals surface area contributed by atoms with Gasteiger partial charge in [-0.25, -0.2) is 5.43 Å². The Hall–Kier alpha value is -3.16. The first-order valence-corrected chi connectivity index (χ1v) is 9.33. The minimum absolute atomic E-state index is 0.0433. The van der Waals surface area contributed by atoms with Crippen molar-refractivity contribution in [2.45, 2.75) is 9.79 Å². The zero-order valence-corrected chi connectivity index (χ0v) is 16.0. The highest BCUT2D eigenvalue weighted by Gasteiger charge is 2.15. The highest BCUT2D eigenvalue weighted by molar-refractivity contribution is 7.99. The molecule has 3 aromatic carbocycles. The number of rotatable bonds is 6. The average molecular weight is 412 g/mol. The smallest absolute Gasteiger partial charge is 0.267 e. The Morgan fingerprint density at radius 2 is 1.79 bits per heavy atom. The van der Waals surface area contributed by atoms with E-state index in [9.17, 15) is 14.9 Å². The van der Waals surface area contributed by atoms with E-state index in [1.54, 1.807) is 60.7 Å². The van der Waals surface area contributed by atoms with Crippen LogP contribution in [0, 0.1) is 10.1 Å². The molecule has 0 bridgehead atoms. The van der Waals surface area contributed by atoms with Crippen LogP contribution in [0.25, 0.3) is 0 Å². The van der Waals surface area contributed by atoms with Crippen molar-refractivity contribution in [3.8, 4) is 0 Å². The quantitative estimate of drug-likeness (QED) is 0.344. The predicted octanol–water partition coefficient (Wildman–Crippen LogP) is 5.16. The Morgan fingerprint density at radius 1 is 1.07 bits per heavy atom. The molecule has 0 atom stereocenters. The molecular formula is C20H14ClN3O3S. The van der Waals surface area contributed by atoms with Crippen LogP contribution in [0.5, 0.6) is 0 Å². The largest absolute Gasteiger partial charge is 0.283 e. The first-order valence-electron chi connectivity index (χ1n) is 8.13. The lowest BCUT2D eigenvalue weighted by Gasteiger charge is -2.04. The highest BCUT2D eigenvalue weighted by Crippen LogP contribution is 2.35. The number of amides is 1. The number of hydrazone groups is 1. The molecule has 0 fully saturated rings. The molecular weight excluding hydrogens is 398 g/mol. The van der Waals surface area contributed by atoms with Gasteiger partial charge in [0.2, 0.25) is 0 Å². The molecule has 0 aromatic heterocycles. The molecule has 0 saturated heterocycles. The van der Waals surface area contributed by atoms with Gasteiger partial charge in [0.15, 0.2) is 0 Å². The van der Waals surface area contributed by atoms with E-state index in [-0.39, 0.29) is 11.6 Å². The SMILES string of the molecule is O=C(NN=Cc1ccc(Sc2ccc(Cl)cc2)c([N+](=O)[O-])c1)c1ccccc1. The van der Waals surface area contributed by atoms with Gasteiger partial charge in [0.05, 0.1) is 16.0 Å². The fourth-order valence-electron chi connectivity index (χ4n) is 2.29. The second-order valence-corrected chi connectivity index (χ2v) is 7.16. The molecule has 0 radical (unpaired) electrons. The molecule has 140 valence electrons. The first kappa shape index (κ1) is 19.6. The summed E-state index contributed by atoms with van der Waals surface area (Å²) in [5.74, 6) is -0.360.